The van der Waals surface area contributed by atoms with E-state index in [0.717, 1.165) is 29.0 Å². The summed E-state index contributed by atoms with van der Waals surface area (Å²) < 4.78 is 28.3. The molecule has 2 aromatic rings. The molecule has 7 nitrogen and oxygen atoms in total. The number of hydrogen-bond acceptors (Lipinski definition) is 5. The number of sulfonamides is 1. The van der Waals surface area contributed by atoms with Gasteiger partial charge < -0.3 is 10.2 Å². The zero-order valence-corrected chi connectivity index (χ0v) is 20.2. The first-order valence-electron chi connectivity index (χ1n) is 10.5. The monoisotopic (exact) mass is 475 g/mol. The molecule has 1 aliphatic heterocycles. The minimum absolute atomic E-state index is 0.0959. The van der Waals surface area contributed by atoms with Crippen LogP contribution in [0.5, 0.6) is 0 Å². The largest absolute Gasteiger partial charge is 0.338 e. The third-order valence-corrected chi connectivity index (χ3v) is 7.49. The van der Waals surface area contributed by atoms with Crippen LogP contribution >= 0.6 is 11.8 Å². The molecule has 0 atom stereocenters. The average molecular weight is 476 g/mol. The SMILES string of the molecule is CSc1ccc(S(=O)(=O)NCc2ccc(CN3CCCC3=O)cc2)cc1NC(=O)C(C)C. The summed E-state index contributed by atoms with van der Waals surface area (Å²) in [5, 5.41) is 2.81. The first-order chi connectivity index (χ1) is 15.2. The molecule has 0 spiro atoms. The second-order valence-corrected chi connectivity index (χ2v) is 10.7. The maximum atomic E-state index is 12.8. The summed E-state index contributed by atoms with van der Waals surface area (Å²) in [4.78, 5) is 26.6. The van der Waals surface area contributed by atoms with Gasteiger partial charge in [0, 0.05) is 36.9 Å². The van der Waals surface area contributed by atoms with Crippen molar-refractivity contribution in [1.29, 1.82) is 0 Å². The highest BCUT2D eigenvalue weighted by atomic mass is 32.2. The second-order valence-electron chi connectivity index (χ2n) is 8.07. The first kappa shape index (κ1) is 24.3. The summed E-state index contributed by atoms with van der Waals surface area (Å²) in [7, 11) is -3.76. The quantitative estimate of drug-likeness (QED) is 0.540. The molecule has 2 N–H and O–H groups in total. The molecule has 1 saturated heterocycles. The van der Waals surface area contributed by atoms with Gasteiger partial charge in [0.05, 0.1) is 10.6 Å². The Balaban J connectivity index is 1.67. The predicted octanol–water partition coefficient (Wildman–Crippen LogP) is 3.60. The lowest BCUT2D eigenvalue weighted by Crippen LogP contribution is -2.24. The van der Waals surface area contributed by atoms with Crippen LogP contribution in [0.2, 0.25) is 0 Å². The Hall–Kier alpha value is -2.36. The maximum absolute atomic E-state index is 12.8. The van der Waals surface area contributed by atoms with E-state index in [1.807, 2.05) is 35.4 Å². The third kappa shape index (κ3) is 6.11. The summed E-state index contributed by atoms with van der Waals surface area (Å²) >= 11 is 1.44. The number of carbonyl (C=O) groups is 2. The topological polar surface area (TPSA) is 95.6 Å². The Morgan fingerprint density at radius 1 is 1.12 bits per heavy atom. The van der Waals surface area contributed by atoms with Crippen LogP contribution in [0.4, 0.5) is 5.69 Å². The Labute approximate surface area is 194 Å². The van der Waals surface area contributed by atoms with Crippen LogP contribution in [-0.4, -0.2) is 37.9 Å². The third-order valence-electron chi connectivity index (χ3n) is 5.30. The Bertz CT molecular complexity index is 1080. The lowest BCUT2D eigenvalue weighted by molar-refractivity contribution is -0.128. The highest BCUT2D eigenvalue weighted by Gasteiger charge is 2.20. The van der Waals surface area contributed by atoms with E-state index in [1.165, 1.54) is 23.9 Å². The molecular formula is C23H29N3O4S2. The molecule has 1 aliphatic rings. The van der Waals surface area contributed by atoms with Crippen molar-refractivity contribution in [2.45, 2.75) is 49.6 Å². The van der Waals surface area contributed by atoms with E-state index in [0.29, 0.717) is 18.7 Å². The van der Waals surface area contributed by atoms with Gasteiger partial charge in [-0.05, 0) is 42.0 Å². The highest BCUT2D eigenvalue weighted by Crippen LogP contribution is 2.28. The van der Waals surface area contributed by atoms with E-state index in [2.05, 4.69) is 10.0 Å². The molecule has 0 aliphatic carbocycles. The van der Waals surface area contributed by atoms with E-state index in [9.17, 15) is 18.0 Å². The van der Waals surface area contributed by atoms with Crippen molar-refractivity contribution in [2.75, 3.05) is 18.1 Å². The van der Waals surface area contributed by atoms with E-state index >= 15 is 0 Å². The molecule has 0 aromatic heterocycles. The van der Waals surface area contributed by atoms with Gasteiger partial charge in [-0.3, -0.25) is 9.59 Å². The summed E-state index contributed by atoms with van der Waals surface area (Å²) in [5.74, 6) is -0.202. The van der Waals surface area contributed by atoms with Gasteiger partial charge in [0.2, 0.25) is 21.8 Å². The molecule has 0 radical (unpaired) electrons. The molecule has 1 fully saturated rings. The molecule has 1 heterocycles. The van der Waals surface area contributed by atoms with Gasteiger partial charge in [0.25, 0.3) is 0 Å². The smallest absolute Gasteiger partial charge is 0.240 e. The van der Waals surface area contributed by atoms with Crippen molar-refractivity contribution in [1.82, 2.24) is 9.62 Å². The zero-order chi connectivity index (χ0) is 23.3. The van der Waals surface area contributed by atoms with Crippen molar-refractivity contribution in [2.24, 2.45) is 5.92 Å². The fraction of sp³-hybridized carbons (Fsp3) is 0.391. The van der Waals surface area contributed by atoms with Gasteiger partial charge in [-0.1, -0.05) is 38.1 Å². The molecule has 0 bridgehead atoms. The van der Waals surface area contributed by atoms with Crippen molar-refractivity contribution in [3.63, 3.8) is 0 Å². The summed E-state index contributed by atoms with van der Waals surface area (Å²) in [6.07, 6.45) is 3.39. The van der Waals surface area contributed by atoms with Gasteiger partial charge in [0.1, 0.15) is 0 Å². The molecule has 2 amide bonds. The molecular weight excluding hydrogens is 446 g/mol. The molecule has 32 heavy (non-hydrogen) atoms. The van der Waals surface area contributed by atoms with E-state index in [4.69, 9.17) is 0 Å². The maximum Gasteiger partial charge on any atom is 0.240 e. The Morgan fingerprint density at radius 2 is 1.81 bits per heavy atom. The second kappa shape index (κ2) is 10.5. The van der Waals surface area contributed by atoms with E-state index in [-0.39, 0.29) is 29.2 Å². The molecule has 0 saturated carbocycles. The first-order valence-corrected chi connectivity index (χ1v) is 13.2. The van der Waals surface area contributed by atoms with Crippen LogP contribution in [0, 0.1) is 5.92 Å². The van der Waals surface area contributed by atoms with Crippen LogP contribution < -0.4 is 10.0 Å². The Morgan fingerprint density at radius 3 is 2.41 bits per heavy atom. The number of rotatable bonds is 9. The number of likely N-dealkylation sites (tertiary alicyclic amines) is 1. The zero-order valence-electron chi connectivity index (χ0n) is 18.6. The van der Waals surface area contributed by atoms with Crippen LogP contribution in [0.1, 0.15) is 37.8 Å². The number of hydrogen-bond donors (Lipinski definition) is 2. The normalized spacial score (nSPS) is 14.2. The van der Waals surface area contributed by atoms with Crippen molar-refractivity contribution < 1.29 is 18.0 Å². The number of nitrogens with zero attached hydrogens (tertiary/aromatic N) is 1. The van der Waals surface area contributed by atoms with Gasteiger partial charge in [0.15, 0.2) is 0 Å². The van der Waals surface area contributed by atoms with Crippen LogP contribution in [0.15, 0.2) is 52.3 Å². The van der Waals surface area contributed by atoms with Gasteiger partial charge in [-0.2, -0.15) is 0 Å². The standard InChI is InChI=1S/C23H29N3O4S2/c1-16(2)23(28)25-20-13-19(10-11-21(20)31-3)32(29,30)24-14-17-6-8-18(9-7-17)15-26-12-4-5-22(26)27/h6-11,13,16,24H,4-5,12,14-15H2,1-3H3,(H,25,28). The predicted molar refractivity (Wildman–Crippen MR) is 127 cm³/mol. The lowest BCUT2D eigenvalue weighted by atomic mass is 10.1. The van der Waals surface area contributed by atoms with Gasteiger partial charge in [-0.25, -0.2) is 13.1 Å². The minimum atomic E-state index is -3.76. The summed E-state index contributed by atoms with van der Waals surface area (Å²) in [5.41, 5.74) is 2.32. The number of benzene rings is 2. The van der Waals surface area contributed by atoms with Crippen LogP contribution in [0.3, 0.4) is 0 Å². The summed E-state index contributed by atoms with van der Waals surface area (Å²) in [6, 6.07) is 12.3. The van der Waals surface area contributed by atoms with E-state index in [1.54, 1.807) is 19.9 Å². The molecule has 172 valence electrons. The van der Waals surface area contributed by atoms with Crippen LogP contribution in [-0.2, 0) is 32.7 Å². The summed E-state index contributed by atoms with van der Waals surface area (Å²) in [6.45, 7) is 5.07. The Kier molecular flexibility index (Phi) is 7.97. The number of carbonyl (C=O) groups excluding carboxylic acids is 2. The number of anilines is 1. The minimum Gasteiger partial charge on any atom is -0.338 e. The number of thioether (sulfide) groups is 1. The van der Waals surface area contributed by atoms with Crippen molar-refractivity contribution in [3.8, 4) is 0 Å². The van der Waals surface area contributed by atoms with Crippen LogP contribution in [0.25, 0.3) is 0 Å². The highest BCUT2D eigenvalue weighted by molar-refractivity contribution is 7.98. The molecule has 9 heteroatoms. The fourth-order valence-corrected chi connectivity index (χ4v) is 4.92. The number of amides is 2. The van der Waals surface area contributed by atoms with Gasteiger partial charge in [-0.15, -0.1) is 11.8 Å². The van der Waals surface area contributed by atoms with Gasteiger partial charge >= 0.3 is 0 Å². The molecule has 0 unspecified atom stereocenters. The van der Waals surface area contributed by atoms with E-state index < -0.39 is 10.0 Å². The fourth-order valence-electron chi connectivity index (χ4n) is 3.34. The molecule has 2 aromatic carbocycles. The average Bonchev–Trinajstić information content (AvgIpc) is 3.17. The number of nitrogens with one attached hydrogen (secondary N) is 2. The molecule has 3 rings (SSSR count). The lowest BCUT2D eigenvalue weighted by Gasteiger charge is -2.16. The van der Waals surface area contributed by atoms with Crippen molar-refractivity contribution in [3.05, 3.63) is 53.6 Å². The van der Waals surface area contributed by atoms with Crippen molar-refractivity contribution >= 4 is 39.3 Å².